The van der Waals surface area contributed by atoms with Crippen LogP contribution in [0.3, 0.4) is 0 Å². The molecule has 2 unspecified atom stereocenters. The molecular weight excluding hydrogens is 348 g/mol. The molecule has 3 aromatic rings. The number of azo groups is 1. The van der Waals surface area contributed by atoms with Crippen LogP contribution in [0.2, 0.25) is 0 Å². The van der Waals surface area contributed by atoms with E-state index in [-0.39, 0.29) is 0 Å². The maximum atomic E-state index is 6.34. The molecule has 2 atom stereocenters. The van der Waals surface area contributed by atoms with Gasteiger partial charge in [-0.3, -0.25) is 0 Å². The Balaban J connectivity index is 1.50. The fourth-order valence-electron chi connectivity index (χ4n) is 3.34. The minimum Gasteiger partial charge on any atom is -0.463 e. The van der Waals surface area contributed by atoms with Crippen molar-refractivity contribution in [1.29, 1.82) is 0 Å². The molecule has 136 valence electrons. The van der Waals surface area contributed by atoms with Crippen molar-refractivity contribution in [3.05, 3.63) is 108 Å². The van der Waals surface area contributed by atoms with Crippen LogP contribution in [-0.2, 0) is 5.72 Å². The van der Waals surface area contributed by atoms with Crippen molar-refractivity contribution in [1.82, 2.24) is 0 Å². The highest BCUT2D eigenvalue weighted by molar-refractivity contribution is 5.62. The summed E-state index contributed by atoms with van der Waals surface area (Å²) in [6.45, 7) is 0. The van der Waals surface area contributed by atoms with Gasteiger partial charge in [0, 0.05) is 16.7 Å². The molecule has 0 saturated carbocycles. The van der Waals surface area contributed by atoms with Crippen molar-refractivity contribution in [2.75, 3.05) is 0 Å². The monoisotopic (exact) mass is 366 g/mol. The summed E-state index contributed by atoms with van der Waals surface area (Å²) < 4.78 is 12.3. The fourth-order valence-corrected chi connectivity index (χ4v) is 3.34. The molecule has 0 aliphatic carbocycles. The zero-order valence-corrected chi connectivity index (χ0v) is 15.1. The molecule has 2 heterocycles. The van der Waals surface area contributed by atoms with E-state index < -0.39 is 12.0 Å². The molecule has 2 aliphatic rings. The normalized spacial score (nSPS) is 22.2. The first-order chi connectivity index (χ1) is 13.8. The molecule has 4 heteroatoms. The van der Waals surface area contributed by atoms with Gasteiger partial charge >= 0.3 is 0 Å². The number of hydrogen-bond donors (Lipinski definition) is 0. The third kappa shape index (κ3) is 2.99. The fraction of sp³-hybridized carbons (Fsp3) is 0.0833. The van der Waals surface area contributed by atoms with Crippen molar-refractivity contribution in [2.24, 2.45) is 10.2 Å². The lowest BCUT2D eigenvalue weighted by molar-refractivity contribution is 0.109. The van der Waals surface area contributed by atoms with Gasteiger partial charge in [0.15, 0.2) is 0 Å². The first-order valence-electron chi connectivity index (χ1n) is 9.21. The van der Waals surface area contributed by atoms with Gasteiger partial charge in [-0.25, -0.2) is 0 Å². The number of fused-ring (bicyclic) bond motifs is 2. The summed E-state index contributed by atoms with van der Waals surface area (Å²) in [5.41, 5.74) is 1.94. The van der Waals surface area contributed by atoms with Crippen LogP contribution in [0.5, 0.6) is 11.5 Å². The average Bonchev–Trinajstić information content (AvgIpc) is 2.78. The van der Waals surface area contributed by atoms with Crippen molar-refractivity contribution in [3.8, 4) is 11.5 Å². The second-order valence-corrected chi connectivity index (χ2v) is 6.66. The Morgan fingerprint density at radius 1 is 0.714 bits per heavy atom. The Bertz CT molecular complexity index is 1090. The van der Waals surface area contributed by atoms with Gasteiger partial charge < -0.3 is 9.47 Å². The Labute approximate surface area is 163 Å². The predicted octanol–water partition coefficient (Wildman–Crippen LogP) is 5.83. The van der Waals surface area contributed by atoms with E-state index in [1.54, 1.807) is 0 Å². The van der Waals surface area contributed by atoms with Crippen LogP contribution in [-0.4, -0.2) is 6.23 Å². The molecule has 0 fully saturated rings. The number of nitrogens with zero attached hydrogens (tertiary/aromatic N) is 2. The SMILES string of the molecule is C1=CC(N=NC2(c3ccccc3)C=Cc3ccccc3O2)Oc2ccccc21. The first-order valence-corrected chi connectivity index (χ1v) is 9.21. The molecule has 3 aromatic carbocycles. The van der Waals surface area contributed by atoms with E-state index in [0.717, 1.165) is 28.2 Å². The van der Waals surface area contributed by atoms with Gasteiger partial charge in [0.05, 0.1) is 0 Å². The second-order valence-electron chi connectivity index (χ2n) is 6.66. The highest BCUT2D eigenvalue weighted by Crippen LogP contribution is 2.39. The molecule has 2 aliphatic heterocycles. The summed E-state index contributed by atoms with van der Waals surface area (Å²) in [6.07, 6.45) is 7.37. The van der Waals surface area contributed by atoms with Gasteiger partial charge in [-0.05, 0) is 36.4 Å². The van der Waals surface area contributed by atoms with E-state index in [2.05, 4.69) is 10.2 Å². The average molecular weight is 366 g/mol. The molecule has 0 spiro atoms. The van der Waals surface area contributed by atoms with Gasteiger partial charge in [0.2, 0.25) is 6.23 Å². The maximum Gasteiger partial charge on any atom is 0.264 e. The Morgan fingerprint density at radius 2 is 1.39 bits per heavy atom. The molecule has 28 heavy (non-hydrogen) atoms. The van der Waals surface area contributed by atoms with Gasteiger partial charge in [-0.15, -0.1) is 10.2 Å². The van der Waals surface area contributed by atoms with Crippen LogP contribution in [0.25, 0.3) is 12.2 Å². The van der Waals surface area contributed by atoms with Crippen LogP contribution in [0.15, 0.2) is 101 Å². The molecule has 0 saturated heterocycles. The van der Waals surface area contributed by atoms with E-state index in [4.69, 9.17) is 9.47 Å². The van der Waals surface area contributed by atoms with Crippen molar-refractivity contribution in [3.63, 3.8) is 0 Å². The minimum absolute atomic E-state index is 0.496. The molecule has 5 rings (SSSR count). The van der Waals surface area contributed by atoms with Crippen molar-refractivity contribution < 1.29 is 9.47 Å². The number of ether oxygens (including phenoxy) is 2. The third-order valence-electron chi connectivity index (χ3n) is 4.79. The van der Waals surface area contributed by atoms with Crippen LogP contribution in [0, 0.1) is 0 Å². The zero-order valence-electron chi connectivity index (χ0n) is 15.1. The van der Waals surface area contributed by atoms with E-state index in [1.807, 2.05) is 103 Å². The molecule has 0 amide bonds. The molecule has 4 nitrogen and oxygen atoms in total. The summed E-state index contributed by atoms with van der Waals surface area (Å²) in [5.74, 6) is 1.58. The molecule has 0 radical (unpaired) electrons. The van der Waals surface area contributed by atoms with E-state index in [0.29, 0.717) is 0 Å². The largest absolute Gasteiger partial charge is 0.463 e. The Kier molecular flexibility index (Phi) is 4.02. The number of hydrogen-bond acceptors (Lipinski definition) is 4. The minimum atomic E-state index is -1.02. The number of para-hydroxylation sites is 2. The lowest BCUT2D eigenvalue weighted by Crippen LogP contribution is -2.31. The predicted molar refractivity (Wildman–Crippen MR) is 109 cm³/mol. The van der Waals surface area contributed by atoms with Crippen LogP contribution >= 0.6 is 0 Å². The third-order valence-corrected chi connectivity index (χ3v) is 4.79. The first kappa shape index (κ1) is 16.5. The van der Waals surface area contributed by atoms with Gasteiger partial charge in [0.1, 0.15) is 11.5 Å². The van der Waals surface area contributed by atoms with Crippen molar-refractivity contribution >= 4 is 12.2 Å². The molecule has 0 N–H and O–H groups in total. The van der Waals surface area contributed by atoms with Gasteiger partial charge in [-0.1, -0.05) is 66.7 Å². The standard InChI is InChI=1S/C24H18N2O2/c1-2-10-20(11-3-1)24(17-16-19-9-5-7-13-22(19)28-24)26-25-23-15-14-18-8-4-6-12-21(18)27-23/h1-17,23H. The zero-order chi connectivity index (χ0) is 18.8. The lowest BCUT2D eigenvalue weighted by atomic mass is 9.99. The molecule has 0 aromatic heterocycles. The Morgan fingerprint density at radius 3 is 2.21 bits per heavy atom. The summed E-state index contributed by atoms with van der Waals surface area (Å²) in [6, 6.07) is 25.7. The van der Waals surface area contributed by atoms with Gasteiger partial charge in [0.25, 0.3) is 5.72 Å². The Hall–Kier alpha value is -3.66. The second kappa shape index (κ2) is 6.82. The van der Waals surface area contributed by atoms with E-state index in [1.165, 1.54) is 0 Å². The quantitative estimate of drug-likeness (QED) is 0.547. The van der Waals surface area contributed by atoms with E-state index in [9.17, 15) is 0 Å². The van der Waals surface area contributed by atoms with Crippen LogP contribution < -0.4 is 9.47 Å². The maximum absolute atomic E-state index is 6.34. The summed E-state index contributed by atoms with van der Waals surface area (Å²) in [5, 5.41) is 9.09. The summed E-state index contributed by atoms with van der Waals surface area (Å²) >= 11 is 0. The highest BCUT2D eigenvalue weighted by atomic mass is 16.5. The summed E-state index contributed by atoms with van der Waals surface area (Å²) in [4.78, 5) is 0. The number of rotatable bonds is 3. The van der Waals surface area contributed by atoms with Gasteiger partial charge in [-0.2, -0.15) is 0 Å². The molecular formula is C24H18N2O2. The van der Waals surface area contributed by atoms with Crippen molar-refractivity contribution in [2.45, 2.75) is 12.0 Å². The van der Waals surface area contributed by atoms with E-state index >= 15 is 0 Å². The van der Waals surface area contributed by atoms with Crippen LogP contribution in [0.4, 0.5) is 0 Å². The molecule has 0 bridgehead atoms. The number of benzene rings is 3. The highest BCUT2D eigenvalue weighted by Gasteiger charge is 2.35. The smallest absolute Gasteiger partial charge is 0.264 e. The van der Waals surface area contributed by atoms with Crippen LogP contribution in [0.1, 0.15) is 16.7 Å². The topological polar surface area (TPSA) is 43.2 Å². The lowest BCUT2D eigenvalue weighted by Gasteiger charge is -2.31. The summed E-state index contributed by atoms with van der Waals surface area (Å²) in [7, 11) is 0.